The number of hydrogen-bond donors (Lipinski definition) is 1. The highest BCUT2D eigenvalue weighted by atomic mass is 14.9. The second-order valence-corrected chi connectivity index (χ2v) is 8.55. The quantitative estimate of drug-likeness (QED) is 0.312. The zero-order valence-corrected chi connectivity index (χ0v) is 18.5. The molecule has 4 aromatic carbocycles. The zero-order valence-electron chi connectivity index (χ0n) is 18.5. The first kappa shape index (κ1) is 20.9. The Kier molecular flexibility index (Phi) is 6.84. The predicted octanol–water partition coefficient (Wildman–Crippen LogP) is 8.12. The van der Waals surface area contributed by atoms with Gasteiger partial charge in [0.25, 0.3) is 0 Å². The van der Waals surface area contributed by atoms with E-state index in [1.54, 1.807) is 0 Å². The summed E-state index contributed by atoms with van der Waals surface area (Å²) in [5, 5.41) is 3.53. The van der Waals surface area contributed by atoms with Gasteiger partial charge in [-0.3, -0.25) is 0 Å². The van der Waals surface area contributed by atoms with Crippen LogP contribution >= 0.6 is 0 Å². The molecule has 0 aliphatic heterocycles. The fourth-order valence-electron chi connectivity index (χ4n) is 4.12. The molecule has 1 heteroatoms. The van der Waals surface area contributed by atoms with Crippen molar-refractivity contribution in [1.82, 2.24) is 0 Å². The summed E-state index contributed by atoms with van der Waals surface area (Å²) >= 11 is 0. The van der Waals surface area contributed by atoms with Crippen molar-refractivity contribution in [2.24, 2.45) is 0 Å². The van der Waals surface area contributed by atoms with Gasteiger partial charge in [-0.2, -0.15) is 0 Å². The first-order chi connectivity index (χ1) is 15.2. The molecule has 1 nitrogen and oxygen atoms in total. The summed E-state index contributed by atoms with van der Waals surface area (Å²) in [7, 11) is 0. The Labute approximate surface area is 186 Å². The first-order valence-corrected chi connectivity index (χ1v) is 11.2. The minimum atomic E-state index is 0.519. The van der Waals surface area contributed by atoms with E-state index in [0.717, 1.165) is 24.2 Å². The van der Waals surface area contributed by atoms with Gasteiger partial charge in [-0.15, -0.1) is 0 Å². The summed E-state index contributed by atoms with van der Waals surface area (Å²) in [6.45, 7) is 4.59. The van der Waals surface area contributed by atoms with Crippen LogP contribution in [0.2, 0.25) is 0 Å². The molecule has 0 amide bonds. The third-order valence-electron chi connectivity index (χ3n) is 6.02. The molecule has 31 heavy (non-hydrogen) atoms. The van der Waals surface area contributed by atoms with E-state index in [2.05, 4.69) is 128 Å². The molecule has 0 radical (unpaired) electrons. The van der Waals surface area contributed by atoms with Crippen LogP contribution in [0.25, 0.3) is 0 Å². The number of anilines is 2. The Morgan fingerprint density at radius 2 is 0.839 bits per heavy atom. The number of rotatable bonds is 8. The van der Waals surface area contributed by atoms with Crippen LogP contribution in [0, 0.1) is 0 Å². The van der Waals surface area contributed by atoms with E-state index in [9.17, 15) is 0 Å². The lowest BCUT2D eigenvalue weighted by Gasteiger charge is -2.14. The number of hydrogen-bond acceptors (Lipinski definition) is 1. The Bertz CT molecular complexity index is 962. The van der Waals surface area contributed by atoms with Gasteiger partial charge in [-0.1, -0.05) is 98.8 Å². The van der Waals surface area contributed by atoms with Gasteiger partial charge in [0.2, 0.25) is 0 Å². The molecule has 0 heterocycles. The normalized spacial score (nSPS) is 12.8. The van der Waals surface area contributed by atoms with Crippen LogP contribution in [-0.2, 0) is 12.8 Å². The predicted molar refractivity (Wildman–Crippen MR) is 133 cm³/mol. The lowest BCUT2D eigenvalue weighted by atomic mass is 9.93. The maximum absolute atomic E-state index is 3.53. The topological polar surface area (TPSA) is 12.0 Å². The van der Waals surface area contributed by atoms with Crippen molar-refractivity contribution >= 4 is 11.4 Å². The Morgan fingerprint density at radius 3 is 1.19 bits per heavy atom. The van der Waals surface area contributed by atoms with Crippen LogP contribution in [0.5, 0.6) is 0 Å². The number of nitrogens with one attached hydrogen (secondary N) is 1. The molecule has 0 unspecified atom stereocenters. The molecule has 0 fully saturated rings. The minimum absolute atomic E-state index is 0.519. The Morgan fingerprint density at radius 1 is 0.484 bits per heavy atom. The van der Waals surface area contributed by atoms with Crippen molar-refractivity contribution in [3.05, 3.63) is 131 Å². The SMILES string of the molecule is C[C@H](Cc1ccc(Nc2ccc(C[C@@H](C)c3ccccc3)cc2)cc1)c1ccccc1. The Balaban J connectivity index is 1.33. The van der Waals surface area contributed by atoms with Crippen molar-refractivity contribution in [1.29, 1.82) is 0 Å². The highest BCUT2D eigenvalue weighted by Gasteiger charge is 2.08. The van der Waals surface area contributed by atoms with Gasteiger partial charge in [0.05, 0.1) is 0 Å². The minimum Gasteiger partial charge on any atom is -0.356 e. The van der Waals surface area contributed by atoms with Crippen LogP contribution < -0.4 is 5.32 Å². The molecular weight excluding hydrogens is 374 g/mol. The monoisotopic (exact) mass is 405 g/mol. The van der Waals surface area contributed by atoms with Gasteiger partial charge in [-0.05, 0) is 71.2 Å². The molecule has 1 N–H and O–H groups in total. The molecule has 0 spiro atoms. The first-order valence-electron chi connectivity index (χ1n) is 11.2. The smallest absolute Gasteiger partial charge is 0.0384 e. The fourth-order valence-corrected chi connectivity index (χ4v) is 4.12. The van der Waals surface area contributed by atoms with Crippen molar-refractivity contribution in [3.63, 3.8) is 0 Å². The second-order valence-electron chi connectivity index (χ2n) is 8.55. The molecule has 0 aliphatic carbocycles. The van der Waals surface area contributed by atoms with Crippen molar-refractivity contribution < 1.29 is 0 Å². The maximum atomic E-state index is 3.53. The summed E-state index contributed by atoms with van der Waals surface area (Å²) in [6.07, 6.45) is 2.11. The molecule has 0 bridgehead atoms. The third-order valence-corrected chi connectivity index (χ3v) is 6.02. The molecule has 2 atom stereocenters. The summed E-state index contributed by atoms with van der Waals surface area (Å²) in [5.74, 6) is 1.04. The van der Waals surface area contributed by atoms with E-state index in [4.69, 9.17) is 0 Å². The van der Waals surface area contributed by atoms with E-state index in [1.807, 2.05) is 0 Å². The molecule has 4 rings (SSSR count). The zero-order chi connectivity index (χ0) is 21.5. The lowest BCUT2D eigenvalue weighted by Crippen LogP contribution is -1.99. The molecule has 0 saturated heterocycles. The van der Waals surface area contributed by atoms with Gasteiger partial charge in [0.15, 0.2) is 0 Å². The largest absolute Gasteiger partial charge is 0.356 e. The van der Waals surface area contributed by atoms with E-state index < -0.39 is 0 Å². The van der Waals surface area contributed by atoms with E-state index >= 15 is 0 Å². The van der Waals surface area contributed by atoms with E-state index in [-0.39, 0.29) is 0 Å². The van der Waals surface area contributed by atoms with Crippen molar-refractivity contribution in [2.75, 3.05) is 5.32 Å². The second kappa shape index (κ2) is 10.1. The van der Waals surface area contributed by atoms with Gasteiger partial charge in [-0.25, -0.2) is 0 Å². The molecule has 4 aromatic rings. The van der Waals surface area contributed by atoms with Crippen LogP contribution in [0.3, 0.4) is 0 Å². The summed E-state index contributed by atoms with van der Waals surface area (Å²) in [5.41, 5.74) is 7.78. The summed E-state index contributed by atoms with van der Waals surface area (Å²) < 4.78 is 0. The van der Waals surface area contributed by atoms with E-state index in [0.29, 0.717) is 11.8 Å². The summed E-state index contributed by atoms with van der Waals surface area (Å²) in [6, 6.07) is 39.1. The molecular formula is C30H31N. The number of benzene rings is 4. The third kappa shape index (κ3) is 5.86. The molecule has 156 valence electrons. The average molecular weight is 406 g/mol. The fraction of sp³-hybridized carbons (Fsp3) is 0.200. The van der Waals surface area contributed by atoms with Crippen LogP contribution in [-0.4, -0.2) is 0 Å². The Hall–Kier alpha value is -3.32. The van der Waals surface area contributed by atoms with Crippen LogP contribution in [0.4, 0.5) is 11.4 Å². The standard InChI is InChI=1S/C30H31N/c1-23(27-9-5-3-6-10-27)21-25-13-17-29(18-14-25)31-30-19-15-26(16-20-30)22-24(2)28-11-7-4-8-12-28/h3-20,23-24,31H,21-22H2,1-2H3/t23-,24-/m1/s1. The van der Waals surface area contributed by atoms with Crippen molar-refractivity contribution in [3.8, 4) is 0 Å². The van der Waals surface area contributed by atoms with E-state index in [1.165, 1.54) is 22.3 Å². The van der Waals surface area contributed by atoms with Crippen molar-refractivity contribution in [2.45, 2.75) is 38.5 Å². The summed E-state index contributed by atoms with van der Waals surface area (Å²) in [4.78, 5) is 0. The van der Waals surface area contributed by atoms with Crippen LogP contribution in [0.1, 0.15) is 47.9 Å². The van der Waals surface area contributed by atoms with Gasteiger partial charge in [0, 0.05) is 11.4 Å². The lowest BCUT2D eigenvalue weighted by molar-refractivity contribution is 0.759. The van der Waals surface area contributed by atoms with Gasteiger partial charge < -0.3 is 5.32 Å². The highest BCUT2D eigenvalue weighted by molar-refractivity contribution is 5.60. The van der Waals surface area contributed by atoms with Gasteiger partial charge >= 0.3 is 0 Å². The molecule has 0 saturated carbocycles. The molecule has 0 aromatic heterocycles. The molecule has 0 aliphatic rings. The van der Waals surface area contributed by atoms with Crippen LogP contribution in [0.15, 0.2) is 109 Å². The van der Waals surface area contributed by atoms with Gasteiger partial charge in [0.1, 0.15) is 0 Å². The average Bonchev–Trinajstić information content (AvgIpc) is 2.82. The highest BCUT2D eigenvalue weighted by Crippen LogP contribution is 2.24. The maximum Gasteiger partial charge on any atom is 0.0384 e.